The minimum Gasteiger partial charge on any atom is -0.484 e. The van der Waals surface area contributed by atoms with Crippen molar-refractivity contribution in [3.05, 3.63) is 47.5 Å². The number of amides is 1. The zero-order chi connectivity index (χ0) is 21.9. The van der Waals surface area contributed by atoms with E-state index in [1.54, 1.807) is 30.6 Å². The minimum absolute atomic E-state index is 0.000343. The van der Waals surface area contributed by atoms with Gasteiger partial charge in [0.25, 0.3) is 5.91 Å². The molecule has 1 aromatic carbocycles. The summed E-state index contributed by atoms with van der Waals surface area (Å²) in [6.45, 7) is -0.0611. The molecule has 4 saturated carbocycles. The van der Waals surface area contributed by atoms with Crippen molar-refractivity contribution in [3.63, 3.8) is 0 Å². The number of carbonyl (C=O) groups excluding carboxylic acids is 1. The van der Waals surface area contributed by atoms with Crippen molar-refractivity contribution in [3.8, 4) is 5.75 Å². The normalized spacial score (nSPS) is 31.2. The third-order valence-electron chi connectivity index (χ3n) is 6.55. The first kappa shape index (κ1) is 20.6. The van der Waals surface area contributed by atoms with Crippen LogP contribution >= 0.6 is 11.6 Å². The molecule has 10 heteroatoms. The predicted octanol–water partition coefficient (Wildman–Crippen LogP) is 4.15. The molecule has 1 aromatic heterocycles. The van der Waals surface area contributed by atoms with Crippen molar-refractivity contribution in [2.75, 3.05) is 6.61 Å². The van der Waals surface area contributed by atoms with Gasteiger partial charge in [-0.3, -0.25) is 9.53 Å². The third kappa shape index (κ3) is 4.01. The maximum atomic E-state index is 12.3. The van der Waals surface area contributed by atoms with Crippen molar-refractivity contribution in [1.82, 2.24) is 14.9 Å². The number of rotatable bonds is 7. The van der Waals surface area contributed by atoms with Gasteiger partial charge < -0.3 is 14.6 Å². The van der Waals surface area contributed by atoms with Crippen LogP contribution in [-0.4, -0.2) is 40.1 Å². The first-order valence-electron chi connectivity index (χ1n) is 10.1. The number of imidazole rings is 1. The van der Waals surface area contributed by atoms with Gasteiger partial charge in [0.1, 0.15) is 5.75 Å². The van der Waals surface area contributed by atoms with Crippen molar-refractivity contribution in [2.24, 2.45) is 0 Å². The molecule has 2 bridgehead atoms. The molecule has 31 heavy (non-hydrogen) atoms. The van der Waals surface area contributed by atoms with Gasteiger partial charge in [-0.15, -0.1) is 13.2 Å². The highest BCUT2D eigenvalue weighted by molar-refractivity contribution is 6.30. The van der Waals surface area contributed by atoms with E-state index in [0.29, 0.717) is 23.6 Å². The Morgan fingerprint density at radius 3 is 2.55 bits per heavy atom. The van der Waals surface area contributed by atoms with Gasteiger partial charge in [0, 0.05) is 22.7 Å². The number of alkyl halides is 3. The largest absolute Gasteiger partial charge is 0.522 e. The lowest BCUT2D eigenvalue weighted by molar-refractivity contribution is -0.351. The van der Waals surface area contributed by atoms with Gasteiger partial charge in [-0.1, -0.05) is 11.6 Å². The number of hydrogen-bond acceptors (Lipinski definition) is 4. The molecule has 1 heterocycles. The summed E-state index contributed by atoms with van der Waals surface area (Å²) >= 11 is 5.83. The Bertz CT molecular complexity index is 966. The molecule has 0 unspecified atom stereocenters. The zero-order valence-electron chi connectivity index (χ0n) is 16.5. The molecule has 0 saturated heterocycles. The Morgan fingerprint density at radius 1 is 1.23 bits per heavy atom. The van der Waals surface area contributed by atoms with E-state index in [1.807, 2.05) is 6.20 Å². The number of benzene rings is 1. The van der Waals surface area contributed by atoms with E-state index in [2.05, 4.69) is 19.6 Å². The Kier molecular flexibility index (Phi) is 4.75. The van der Waals surface area contributed by atoms with Crippen LogP contribution < -0.4 is 10.1 Å². The highest BCUT2D eigenvalue weighted by Crippen LogP contribution is 2.65. The molecule has 0 atom stereocenters. The number of aromatic nitrogens is 2. The van der Waals surface area contributed by atoms with Crippen LogP contribution in [0.4, 0.5) is 13.2 Å². The molecule has 1 amide bonds. The molecule has 0 aliphatic heterocycles. The van der Waals surface area contributed by atoms with E-state index in [1.165, 1.54) is 0 Å². The van der Waals surface area contributed by atoms with Crippen LogP contribution in [0.5, 0.6) is 5.75 Å². The Balaban J connectivity index is 1.08. The summed E-state index contributed by atoms with van der Waals surface area (Å²) in [7, 11) is 0. The van der Waals surface area contributed by atoms with Crippen LogP contribution in [0.15, 0.2) is 36.8 Å². The number of halogens is 4. The van der Waals surface area contributed by atoms with Gasteiger partial charge in [0.2, 0.25) is 0 Å². The van der Waals surface area contributed by atoms with E-state index >= 15 is 0 Å². The van der Waals surface area contributed by atoms with E-state index in [9.17, 15) is 18.0 Å². The molecule has 4 aliphatic rings. The van der Waals surface area contributed by atoms with Gasteiger partial charge in [-0.05, 0) is 56.4 Å². The van der Waals surface area contributed by atoms with Gasteiger partial charge in [0.05, 0.1) is 23.7 Å². The number of nitrogens with zero attached hydrogens (tertiary/aromatic N) is 2. The molecule has 6 nitrogen and oxygen atoms in total. The van der Waals surface area contributed by atoms with Gasteiger partial charge >= 0.3 is 6.36 Å². The lowest BCUT2D eigenvalue weighted by atomic mass is 9.44. The highest BCUT2D eigenvalue weighted by Gasteiger charge is 2.69. The second kappa shape index (κ2) is 7.13. The lowest BCUT2D eigenvalue weighted by Gasteiger charge is -2.70. The first-order chi connectivity index (χ1) is 14.6. The fourth-order valence-electron chi connectivity index (χ4n) is 5.05. The molecule has 2 aromatic rings. The van der Waals surface area contributed by atoms with Crippen LogP contribution in [0.2, 0.25) is 5.02 Å². The molecule has 0 radical (unpaired) electrons. The summed E-state index contributed by atoms with van der Waals surface area (Å²) in [5.41, 5.74) is 0.551. The maximum Gasteiger partial charge on any atom is 0.522 e. The predicted molar refractivity (Wildman–Crippen MR) is 105 cm³/mol. The number of nitrogens with one attached hydrogen (secondary N) is 1. The minimum atomic E-state index is -4.58. The number of ether oxygens (including phenoxy) is 2. The summed E-state index contributed by atoms with van der Waals surface area (Å²) in [4.78, 5) is 16.7. The second-order valence-electron chi connectivity index (χ2n) is 8.89. The average Bonchev–Trinajstić information content (AvgIpc) is 3.07. The third-order valence-corrected chi connectivity index (χ3v) is 6.81. The van der Waals surface area contributed by atoms with Crippen LogP contribution in [0.1, 0.15) is 43.7 Å². The first-order valence-corrected chi connectivity index (χ1v) is 10.5. The van der Waals surface area contributed by atoms with Crippen LogP contribution in [0.25, 0.3) is 0 Å². The Labute approximate surface area is 181 Å². The van der Waals surface area contributed by atoms with Gasteiger partial charge in [-0.2, -0.15) is 0 Å². The van der Waals surface area contributed by atoms with Gasteiger partial charge in [-0.25, -0.2) is 4.98 Å². The number of carbonyl (C=O) groups is 1. The highest BCUT2D eigenvalue weighted by atomic mass is 35.5. The fourth-order valence-corrected chi connectivity index (χ4v) is 5.18. The van der Waals surface area contributed by atoms with Crippen LogP contribution in [-0.2, 0) is 15.1 Å². The maximum absolute atomic E-state index is 12.3. The molecule has 4 aliphatic carbocycles. The molecule has 4 fully saturated rings. The van der Waals surface area contributed by atoms with Crippen molar-refractivity contribution in [2.45, 2.75) is 61.6 Å². The molecule has 6 rings (SSSR count). The summed E-state index contributed by atoms with van der Waals surface area (Å²) < 4.78 is 48.4. The summed E-state index contributed by atoms with van der Waals surface area (Å²) in [5.74, 6) is 0.415. The van der Waals surface area contributed by atoms with Gasteiger partial charge in [0.15, 0.2) is 6.61 Å². The average molecular weight is 456 g/mol. The summed E-state index contributed by atoms with van der Waals surface area (Å²) in [6.07, 6.45) is 1.42. The Morgan fingerprint density at radius 2 is 1.90 bits per heavy atom. The lowest BCUT2D eigenvalue weighted by Crippen LogP contribution is -2.78. The SMILES string of the molecule is O=C(COc1ccc(Cl)cc1)NC12CC(n3cnc([C@H]4C[C@@H](OC(F)(F)F)C4)c3)(C1)C2. The molecular weight excluding hydrogens is 435 g/mol. The van der Waals surface area contributed by atoms with E-state index in [4.69, 9.17) is 16.3 Å². The molecular formula is C21H21ClF3N3O3. The fraction of sp³-hybridized carbons (Fsp3) is 0.524. The smallest absolute Gasteiger partial charge is 0.484 e. The zero-order valence-corrected chi connectivity index (χ0v) is 17.2. The van der Waals surface area contributed by atoms with Crippen LogP contribution in [0.3, 0.4) is 0 Å². The van der Waals surface area contributed by atoms with Crippen molar-refractivity contribution < 1.29 is 27.4 Å². The Hall–Kier alpha value is -2.26. The van der Waals surface area contributed by atoms with Crippen molar-refractivity contribution in [1.29, 1.82) is 0 Å². The summed E-state index contributed by atoms with van der Waals surface area (Å²) in [6, 6.07) is 6.82. The van der Waals surface area contributed by atoms with Crippen molar-refractivity contribution >= 4 is 17.5 Å². The monoisotopic (exact) mass is 455 g/mol. The topological polar surface area (TPSA) is 65.4 Å². The molecule has 0 spiro atoms. The molecule has 1 N–H and O–H groups in total. The number of hydrogen-bond donors (Lipinski definition) is 1. The molecule has 166 valence electrons. The quantitative estimate of drug-likeness (QED) is 0.681. The van der Waals surface area contributed by atoms with E-state index in [0.717, 1.165) is 25.0 Å². The summed E-state index contributed by atoms with van der Waals surface area (Å²) in [5, 5.41) is 3.67. The second-order valence-corrected chi connectivity index (χ2v) is 9.32. The van der Waals surface area contributed by atoms with E-state index in [-0.39, 0.29) is 29.5 Å². The van der Waals surface area contributed by atoms with E-state index < -0.39 is 12.5 Å². The standard InChI is InChI=1S/C21H21ClF3N3O3/c22-14-1-3-15(4-2-14)30-8-18(29)27-19-9-20(10-19,11-19)28-7-17(26-12-28)13-5-16(6-13)31-21(23,24)25/h1-4,7,12-13,16H,5-6,8-11H2,(H,27,29)/t13-,16+,19?,20?. The van der Waals surface area contributed by atoms with Crippen LogP contribution in [0, 0.1) is 0 Å².